The summed E-state index contributed by atoms with van der Waals surface area (Å²) in [5.74, 6) is -0.355. The van der Waals surface area contributed by atoms with Crippen LogP contribution in [0.25, 0.3) is 0 Å². The van der Waals surface area contributed by atoms with Crippen LogP contribution in [-0.2, 0) is 17.8 Å². The van der Waals surface area contributed by atoms with Crippen LogP contribution >= 0.6 is 11.3 Å². The molecule has 0 radical (unpaired) electrons. The van der Waals surface area contributed by atoms with E-state index < -0.39 is 10.8 Å². The lowest BCUT2D eigenvalue weighted by atomic mass is 9.78. The highest BCUT2D eigenvalue weighted by Crippen LogP contribution is 2.38. The first-order valence-corrected chi connectivity index (χ1v) is 8.90. The molecule has 0 bridgehead atoms. The predicted octanol–water partition coefficient (Wildman–Crippen LogP) is 2.66. The molecule has 1 amide bonds. The number of fused-ring (bicyclic) bond motifs is 1. The molecule has 2 heterocycles. The second-order valence-corrected chi connectivity index (χ2v) is 8.22. The molecule has 0 fully saturated rings. The summed E-state index contributed by atoms with van der Waals surface area (Å²) in [5.41, 5.74) is 1.07. The zero-order valence-electron chi connectivity index (χ0n) is 15.0. The minimum absolute atomic E-state index is 0.0448. The zero-order valence-corrected chi connectivity index (χ0v) is 15.8. The summed E-state index contributed by atoms with van der Waals surface area (Å²) in [4.78, 5) is 40.0. The van der Waals surface area contributed by atoms with Crippen LogP contribution in [0.4, 0.5) is 10.8 Å². The number of aromatic nitrogens is 3. The topological polar surface area (TPSA) is 120 Å². The zero-order chi connectivity index (χ0) is 19.2. The fourth-order valence-electron chi connectivity index (χ4n) is 3.17. The van der Waals surface area contributed by atoms with E-state index in [1.165, 1.54) is 22.9 Å². The maximum absolute atomic E-state index is 12.3. The van der Waals surface area contributed by atoms with Crippen molar-refractivity contribution in [1.82, 2.24) is 14.8 Å². The molecule has 1 aliphatic rings. The molecule has 1 N–H and O–H groups in total. The monoisotopic (exact) mass is 377 g/mol. The van der Waals surface area contributed by atoms with Gasteiger partial charge in [0.2, 0.25) is 5.91 Å². The molecule has 138 valence electrons. The van der Waals surface area contributed by atoms with Crippen molar-refractivity contribution in [3.8, 4) is 0 Å². The van der Waals surface area contributed by atoms with Crippen molar-refractivity contribution in [2.75, 3.05) is 5.32 Å². The number of thiazole rings is 1. The summed E-state index contributed by atoms with van der Waals surface area (Å²) in [6.07, 6.45) is 1.15. The van der Waals surface area contributed by atoms with Gasteiger partial charge in [-0.3, -0.25) is 24.4 Å². The molecule has 0 aliphatic heterocycles. The molecule has 10 heteroatoms. The molecular weight excluding hydrogens is 358 g/mol. The van der Waals surface area contributed by atoms with E-state index in [1.807, 2.05) is 13.8 Å². The number of carbonyl (C=O) groups is 2. The average molecular weight is 377 g/mol. The number of Topliss-reactive ketones (excluding diaryl/α,β-unsaturated/α-hetero) is 1. The quantitative estimate of drug-likeness (QED) is 0.646. The van der Waals surface area contributed by atoms with Crippen LogP contribution in [0, 0.1) is 29.4 Å². The molecule has 26 heavy (non-hydrogen) atoms. The Balaban J connectivity index is 1.75. The van der Waals surface area contributed by atoms with E-state index in [9.17, 15) is 19.7 Å². The maximum atomic E-state index is 12.3. The number of aryl methyl sites for hydroxylation is 1. The van der Waals surface area contributed by atoms with Gasteiger partial charge in [-0.2, -0.15) is 5.10 Å². The first kappa shape index (κ1) is 18.2. The summed E-state index contributed by atoms with van der Waals surface area (Å²) in [5, 5.41) is 18.1. The van der Waals surface area contributed by atoms with E-state index in [4.69, 9.17) is 0 Å². The molecular formula is C16H19N5O4S. The summed E-state index contributed by atoms with van der Waals surface area (Å²) >= 11 is 1.17. The van der Waals surface area contributed by atoms with E-state index in [2.05, 4.69) is 15.4 Å². The number of hydrogen-bond acceptors (Lipinski definition) is 7. The third-order valence-electron chi connectivity index (χ3n) is 4.30. The Morgan fingerprint density at radius 2 is 2.08 bits per heavy atom. The molecule has 2 aromatic rings. The fourth-order valence-corrected chi connectivity index (χ4v) is 4.11. The van der Waals surface area contributed by atoms with Crippen LogP contribution in [-0.4, -0.2) is 31.4 Å². The Labute approximate surface area is 153 Å². The van der Waals surface area contributed by atoms with Gasteiger partial charge >= 0.3 is 5.69 Å². The van der Waals surface area contributed by atoms with Crippen molar-refractivity contribution in [3.63, 3.8) is 0 Å². The Kier molecular flexibility index (Phi) is 4.39. The van der Waals surface area contributed by atoms with Crippen LogP contribution in [0.3, 0.4) is 0 Å². The number of nitro groups is 1. The average Bonchev–Trinajstić information content (AvgIpc) is 2.98. The standard InChI is InChI=1S/C16H19N5O4S/c1-8-13(21(24)25)9(2)20(19-8)7-12(23)18-15-17-10-5-16(3,4)6-11(22)14(10)26-15/h5-7H2,1-4H3,(H,17,18,23). The predicted molar refractivity (Wildman–Crippen MR) is 95.5 cm³/mol. The Morgan fingerprint density at radius 3 is 2.69 bits per heavy atom. The van der Waals surface area contributed by atoms with Crippen molar-refractivity contribution >= 4 is 33.8 Å². The van der Waals surface area contributed by atoms with Crippen LogP contribution < -0.4 is 5.32 Å². The van der Waals surface area contributed by atoms with E-state index in [-0.39, 0.29) is 29.1 Å². The maximum Gasteiger partial charge on any atom is 0.312 e. The molecule has 3 rings (SSSR count). The van der Waals surface area contributed by atoms with Gasteiger partial charge in [0.15, 0.2) is 10.9 Å². The number of ketones is 1. The first-order chi connectivity index (χ1) is 12.1. The minimum Gasteiger partial charge on any atom is -0.300 e. The number of nitrogens with one attached hydrogen (secondary N) is 1. The van der Waals surface area contributed by atoms with Gasteiger partial charge < -0.3 is 5.32 Å². The van der Waals surface area contributed by atoms with Gasteiger partial charge in [0, 0.05) is 6.42 Å². The van der Waals surface area contributed by atoms with Crippen molar-refractivity contribution < 1.29 is 14.5 Å². The van der Waals surface area contributed by atoms with E-state index in [0.717, 1.165) is 0 Å². The summed E-state index contributed by atoms with van der Waals surface area (Å²) in [6.45, 7) is 6.95. The molecule has 2 aromatic heterocycles. The molecule has 0 saturated heterocycles. The highest BCUT2D eigenvalue weighted by molar-refractivity contribution is 7.17. The first-order valence-electron chi connectivity index (χ1n) is 8.08. The number of nitrogens with zero attached hydrogens (tertiary/aromatic N) is 4. The lowest BCUT2D eigenvalue weighted by Crippen LogP contribution is -2.26. The van der Waals surface area contributed by atoms with E-state index >= 15 is 0 Å². The minimum atomic E-state index is -0.506. The Morgan fingerprint density at radius 1 is 1.38 bits per heavy atom. The van der Waals surface area contributed by atoms with Crippen LogP contribution in [0.15, 0.2) is 0 Å². The van der Waals surface area contributed by atoms with Gasteiger partial charge in [-0.25, -0.2) is 4.98 Å². The largest absolute Gasteiger partial charge is 0.312 e. The van der Waals surface area contributed by atoms with Gasteiger partial charge in [0.05, 0.1) is 15.5 Å². The van der Waals surface area contributed by atoms with Gasteiger partial charge in [0.1, 0.15) is 17.9 Å². The normalized spacial score (nSPS) is 15.6. The smallest absolute Gasteiger partial charge is 0.300 e. The number of carbonyl (C=O) groups excluding carboxylic acids is 2. The lowest BCUT2D eigenvalue weighted by molar-refractivity contribution is -0.386. The van der Waals surface area contributed by atoms with Gasteiger partial charge in [-0.1, -0.05) is 25.2 Å². The second-order valence-electron chi connectivity index (χ2n) is 7.22. The van der Waals surface area contributed by atoms with Crippen LogP contribution in [0.2, 0.25) is 0 Å². The SMILES string of the molecule is Cc1nn(CC(=O)Nc2nc3c(s2)C(=O)CC(C)(C)C3)c(C)c1[N+](=O)[O-]. The fraction of sp³-hybridized carbons (Fsp3) is 0.500. The van der Waals surface area contributed by atoms with Gasteiger partial charge in [-0.15, -0.1) is 0 Å². The number of hydrogen-bond donors (Lipinski definition) is 1. The molecule has 0 aromatic carbocycles. The Bertz CT molecular complexity index is 927. The Hall–Kier alpha value is -2.62. The summed E-state index contributed by atoms with van der Waals surface area (Å²) in [6, 6.07) is 0. The lowest BCUT2D eigenvalue weighted by Gasteiger charge is -2.26. The van der Waals surface area contributed by atoms with Gasteiger partial charge in [0.25, 0.3) is 0 Å². The third kappa shape index (κ3) is 3.36. The molecule has 0 unspecified atom stereocenters. The number of rotatable bonds is 4. The van der Waals surface area contributed by atoms with Crippen LogP contribution in [0.1, 0.15) is 47.0 Å². The number of amides is 1. The highest BCUT2D eigenvalue weighted by atomic mass is 32.1. The highest BCUT2D eigenvalue weighted by Gasteiger charge is 2.34. The van der Waals surface area contributed by atoms with Crippen molar-refractivity contribution in [2.45, 2.75) is 47.1 Å². The molecule has 9 nitrogen and oxygen atoms in total. The van der Waals surface area contributed by atoms with Crippen molar-refractivity contribution in [2.24, 2.45) is 5.41 Å². The summed E-state index contributed by atoms with van der Waals surface area (Å²) < 4.78 is 1.30. The summed E-state index contributed by atoms with van der Waals surface area (Å²) in [7, 11) is 0. The van der Waals surface area contributed by atoms with Gasteiger partial charge in [-0.05, 0) is 25.7 Å². The molecule has 0 saturated carbocycles. The molecule has 0 atom stereocenters. The van der Waals surface area contributed by atoms with E-state index in [0.29, 0.717) is 34.2 Å². The van der Waals surface area contributed by atoms with Crippen molar-refractivity contribution in [3.05, 3.63) is 32.1 Å². The van der Waals surface area contributed by atoms with E-state index in [1.54, 1.807) is 6.92 Å². The second kappa shape index (κ2) is 6.27. The van der Waals surface area contributed by atoms with Crippen molar-refractivity contribution in [1.29, 1.82) is 0 Å². The molecule has 0 spiro atoms. The molecule has 1 aliphatic carbocycles. The van der Waals surface area contributed by atoms with Crippen LogP contribution in [0.5, 0.6) is 0 Å². The number of anilines is 1. The third-order valence-corrected chi connectivity index (χ3v) is 5.36.